The van der Waals surface area contributed by atoms with Crippen LogP contribution < -0.4 is 10.5 Å². The van der Waals surface area contributed by atoms with Gasteiger partial charge < -0.3 is 10.5 Å². The summed E-state index contributed by atoms with van der Waals surface area (Å²) in [6.07, 6.45) is 5.63. The molecule has 0 aliphatic heterocycles. The number of aromatic nitrogens is 3. The lowest BCUT2D eigenvalue weighted by Crippen LogP contribution is -2.25. The Balaban J connectivity index is 1.68. The molecule has 0 bridgehead atoms. The van der Waals surface area contributed by atoms with Crippen LogP contribution in [0, 0.1) is 17.2 Å². The molecule has 4 rings (SSSR count). The molecule has 6 nitrogen and oxygen atoms in total. The number of pyridine rings is 1. The molecule has 132 valence electrons. The van der Waals surface area contributed by atoms with Gasteiger partial charge in [-0.2, -0.15) is 10.4 Å². The molecule has 2 aromatic heterocycles. The number of fused-ring (bicyclic) bond motifs is 1. The number of hydrogen-bond donors (Lipinski definition) is 1. The smallest absolute Gasteiger partial charge is 0.227 e. The van der Waals surface area contributed by atoms with Crippen molar-refractivity contribution in [2.45, 2.75) is 38.3 Å². The molecule has 1 aliphatic rings. The minimum Gasteiger partial charge on any atom is -0.472 e. The second-order valence-electron chi connectivity index (χ2n) is 6.73. The average molecular weight is 347 g/mol. The molecule has 1 saturated carbocycles. The van der Waals surface area contributed by atoms with Gasteiger partial charge in [0.05, 0.1) is 24.0 Å². The summed E-state index contributed by atoms with van der Waals surface area (Å²) < 4.78 is 7.84. The van der Waals surface area contributed by atoms with Crippen LogP contribution >= 0.6 is 0 Å². The van der Waals surface area contributed by atoms with Crippen molar-refractivity contribution in [1.82, 2.24) is 14.8 Å². The fourth-order valence-electron chi connectivity index (χ4n) is 3.54. The zero-order valence-corrected chi connectivity index (χ0v) is 14.5. The first-order valence-electron chi connectivity index (χ1n) is 8.94. The molecule has 1 aliphatic carbocycles. The highest BCUT2D eigenvalue weighted by Crippen LogP contribution is 2.40. The van der Waals surface area contributed by atoms with Gasteiger partial charge in [0.15, 0.2) is 5.82 Å². The fourth-order valence-corrected chi connectivity index (χ4v) is 3.54. The largest absolute Gasteiger partial charge is 0.472 e. The highest BCUT2D eigenvalue weighted by atomic mass is 16.5. The predicted octanol–water partition coefficient (Wildman–Crippen LogP) is 3.85. The van der Waals surface area contributed by atoms with E-state index < -0.39 is 0 Å². The van der Waals surface area contributed by atoms with Crippen molar-refractivity contribution in [2.24, 2.45) is 5.92 Å². The minimum absolute atomic E-state index is 0.0536. The number of ether oxygens (including phenoxy) is 1. The lowest BCUT2D eigenvalue weighted by Gasteiger charge is -2.32. The van der Waals surface area contributed by atoms with E-state index >= 15 is 0 Å². The number of nitrogens with zero attached hydrogens (tertiary/aromatic N) is 4. The maximum Gasteiger partial charge on any atom is 0.227 e. The van der Waals surface area contributed by atoms with Crippen molar-refractivity contribution in [3.05, 3.63) is 48.2 Å². The Labute approximate surface area is 152 Å². The lowest BCUT2D eigenvalue weighted by molar-refractivity contribution is 0.203. The topological polar surface area (TPSA) is 89.8 Å². The molecule has 0 saturated heterocycles. The van der Waals surface area contributed by atoms with Gasteiger partial charge in [0.2, 0.25) is 5.88 Å². The number of nitriles is 1. The highest BCUT2D eigenvalue weighted by Gasteiger charge is 2.31. The van der Waals surface area contributed by atoms with E-state index in [1.807, 2.05) is 41.1 Å². The van der Waals surface area contributed by atoms with Crippen molar-refractivity contribution in [2.75, 3.05) is 5.73 Å². The molecule has 1 aromatic carbocycles. The molecule has 6 heteroatoms. The summed E-state index contributed by atoms with van der Waals surface area (Å²) in [6.45, 7) is 0.418. The van der Waals surface area contributed by atoms with Gasteiger partial charge in [-0.05, 0) is 30.4 Å². The van der Waals surface area contributed by atoms with Gasteiger partial charge in [0.1, 0.15) is 12.0 Å². The van der Waals surface area contributed by atoms with E-state index in [9.17, 15) is 5.26 Å². The highest BCUT2D eigenvalue weighted by molar-refractivity contribution is 5.93. The third-order valence-electron chi connectivity index (χ3n) is 5.14. The maximum atomic E-state index is 9.25. The quantitative estimate of drug-likeness (QED) is 0.731. The maximum absolute atomic E-state index is 9.25. The zero-order chi connectivity index (χ0) is 17.9. The van der Waals surface area contributed by atoms with Crippen molar-refractivity contribution < 1.29 is 4.74 Å². The molecule has 0 radical (unpaired) electrons. The number of hydrogen-bond acceptors (Lipinski definition) is 5. The number of nitrogen functional groups attached to an aromatic ring is 1. The molecule has 0 spiro atoms. The van der Waals surface area contributed by atoms with Gasteiger partial charge in [0, 0.05) is 6.20 Å². The fraction of sp³-hybridized carbons (Fsp3) is 0.350. The summed E-state index contributed by atoms with van der Waals surface area (Å²) in [5.74, 6) is 1.37. The molecule has 0 amide bonds. The van der Waals surface area contributed by atoms with Crippen LogP contribution in [0.15, 0.2) is 42.6 Å². The van der Waals surface area contributed by atoms with Crippen LogP contribution in [0.4, 0.5) is 5.82 Å². The van der Waals surface area contributed by atoms with Gasteiger partial charge in [0.25, 0.3) is 0 Å². The third kappa shape index (κ3) is 2.97. The van der Waals surface area contributed by atoms with Crippen LogP contribution in [0.2, 0.25) is 0 Å². The second kappa shape index (κ2) is 7.04. The van der Waals surface area contributed by atoms with E-state index in [1.54, 1.807) is 6.20 Å². The summed E-state index contributed by atoms with van der Waals surface area (Å²) in [7, 11) is 0. The van der Waals surface area contributed by atoms with Gasteiger partial charge in [-0.25, -0.2) is 4.98 Å². The van der Waals surface area contributed by atoms with Gasteiger partial charge in [-0.3, -0.25) is 4.68 Å². The summed E-state index contributed by atoms with van der Waals surface area (Å²) in [5.41, 5.74) is 8.15. The molecular formula is C20H21N5O. The van der Waals surface area contributed by atoms with E-state index in [4.69, 9.17) is 10.5 Å². The number of anilines is 1. The first kappa shape index (κ1) is 16.4. The normalized spacial score (nSPS) is 15.3. The molecule has 2 heterocycles. The van der Waals surface area contributed by atoms with Crippen LogP contribution in [0.1, 0.15) is 37.3 Å². The predicted molar refractivity (Wildman–Crippen MR) is 99.3 cm³/mol. The monoisotopic (exact) mass is 347 g/mol. The van der Waals surface area contributed by atoms with E-state index in [-0.39, 0.29) is 6.04 Å². The zero-order valence-electron chi connectivity index (χ0n) is 14.5. The first-order chi connectivity index (χ1) is 12.8. The number of nitrogens with two attached hydrogens (primary N) is 1. The van der Waals surface area contributed by atoms with Crippen LogP contribution in [0.5, 0.6) is 5.88 Å². The third-order valence-corrected chi connectivity index (χ3v) is 5.14. The molecular weight excluding hydrogens is 326 g/mol. The Morgan fingerprint density at radius 1 is 1.27 bits per heavy atom. The van der Waals surface area contributed by atoms with Crippen LogP contribution in [-0.2, 0) is 6.61 Å². The molecule has 2 N–H and O–H groups in total. The molecule has 3 aromatic rings. The number of benzene rings is 1. The van der Waals surface area contributed by atoms with E-state index in [0.717, 1.165) is 29.3 Å². The van der Waals surface area contributed by atoms with Gasteiger partial charge in [-0.15, -0.1) is 0 Å². The first-order valence-corrected chi connectivity index (χ1v) is 8.94. The molecule has 1 unspecified atom stereocenters. The van der Waals surface area contributed by atoms with Crippen LogP contribution in [-0.4, -0.2) is 14.8 Å². The summed E-state index contributed by atoms with van der Waals surface area (Å²) in [4.78, 5) is 4.36. The average Bonchev–Trinajstić information content (AvgIpc) is 2.96. The van der Waals surface area contributed by atoms with Crippen molar-refractivity contribution in [3.63, 3.8) is 0 Å². The Morgan fingerprint density at radius 2 is 2.08 bits per heavy atom. The Morgan fingerprint density at radius 3 is 2.77 bits per heavy atom. The van der Waals surface area contributed by atoms with Gasteiger partial charge >= 0.3 is 0 Å². The van der Waals surface area contributed by atoms with E-state index in [2.05, 4.69) is 16.2 Å². The minimum atomic E-state index is 0.0536. The molecule has 26 heavy (non-hydrogen) atoms. The van der Waals surface area contributed by atoms with E-state index in [0.29, 0.717) is 30.6 Å². The summed E-state index contributed by atoms with van der Waals surface area (Å²) in [5, 5.41) is 14.5. The van der Waals surface area contributed by atoms with Crippen molar-refractivity contribution in [1.29, 1.82) is 5.26 Å². The molecule has 1 atom stereocenters. The second-order valence-corrected chi connectivity index (χ2v) is 6.73. The van der Waals surface area contributed by atoms with Crippen LogP contribution in [0.3, 0.4) is 0 Å². The van der Waals surface area contributed by atoms with Gasteiger partial charge in [-0.1, -0.05) is 36.8 Å². The van der Waals surface area contributed by atoms with Crippen molar-refractivity contribution >= 4 is 16.7 Å². The Kier molecular flexibility index (Phi) is 4.44. The number of rotatable bonds is 6. The van der Waals surface area contributed by atoms with Crippen LogP contribution in [0.25, 0.3) is 10.9 Å². The summed E-state index contributed by atoms with van der Waals surface area (Å²) >= 11 is 0. The van der Waals surface area contributed by atoms with E-state index in [1.165, 1.54) is 6.42 Å². The molecule has 1 fully saturated rings. The SMILES string of the molecule is N#CCC(C1CCC1)n1nc(N)c2c(OCc3ccccc3)nccc21. The Hall–Kier alpha value is -3.07. The lowest BCUT2D eigenvalue weighted by atomic mass is 9.79. The van der Waals surface area contributed by atoms with Crippen molar-refractivity contribution in [3.8, 4) is 11.9 Å². The standard InChI is InChI=1S/C20H21N5O/c21-11-9-16(15-7-4-8-15)25-17-10-12-23-20(18(17)19(22)24-25)26-13-14-5-2-1-3-6-14/h1-3,5-6,10,12,15-16H,4,7-9,13H2,(H2,22,24). The summed E-state index contributed by atoms with van der Waals surface area (Å²) in [6, 6.07) is 14.2. The Bertz CT molecular complexity index is 940.